The summed E-state index contributed by atoms with van der Waals surface area (Å²) in [6.45, 7) is 4.03. The van der Waals surface area contributed by atoms with Crippen LogP contribution < -0.4 is 0 Å². The van der Waals surface area contributed by atoms with Crippen LogP contribution in [0.25, 0.3) is 0 Å². The fourth-order valence-corrected chi connectivity index (χ4v) is 2.59. The van der Waals surface area contributed by atoms with Crippen LogP contribution in [-0.4, -0.2) is 5.11 Å². The summed E-state index contributed by atoms with van der Waals surface area (Å²) in [6, 6.07) is 9.67. The summed E-state index contributed by atoms with van der Waals surface area (Å²) in [5, 5.41) is 10.4. The van der Waals surface area contributed by atoms with E-state index >= 15 is 0 Å². The van der Waals surface area contributed by atoms with E-state index in [1.54, 1.807) is 6.92 Å². The van der Waals surface area contributed by atoms with Crippen molar-refractivity contribution in [3.63, 3.8) is 0 Å². The molecule has 1 atom stereocenters. The third kappa shape index (κ3) is 8.25. The average Bonchev–Trinajstić information content (AvgIpc) is 2.53. The van der Waals surface area contributed by atoms with E-state index in [-0.39, 0.29) is 0 Å². The van der Waals surface area contributed by atoms with Gasteiger partial charge in [0.25, 0.3) is 0 Å². The molecule has 0 aliphatic carbocycles. The molecule has 0 radical (unpaired) electrons. The van der Waals surface area contributed by atoms with E-state index in [0.717, 1.165) is 18.4 Å². The highest BCUT2D eigenvalue weighted by Crippen LogP contribution is 2.19. The molecule has 0 amide bonds. The molecule has 122 valence electrons. The van der Waals surface area contributed by atoms with E-state index in [9.17, 15) is 5.11 Å². The average molecular weight is 300 g/mol. The van der Waals surface area contributed by atoms with Crippen LogP contribution in [0.4, 0.5) is 0 Å². The molecule has 0 aliphatic heterocycles. The fraction of sp³-hybridized carbons (Fsp3) is 0.619. The SMILES string of the molecule is CCCCCCCCCCCC#CC(C)(O)c1ccccc1. The second-order valence-corrected chi connectivity index (χ2v) is 6.32. The van der Waals surface area contributed by atoms with Crippen molar-refractivity contribution in [1.82, 2.24) is 0 Å². The normalized spacial score (nSPS) is 13.2. The van der Waals surface area contributed by atoms with Crippen LogP contribution in [0.2, 0.25) is 0 Å². The highest BCUT2D eigenvalue weighted by atomic mass is 16.3. The number of hydrogen-bond donors (Lipinski definition) is 1. The van der Waals surface area contributed by atoms with E-state index in [1.807, 2.05) is 30.3 Å². The second kappa shape index (κ2) is 11.3. The highest BCUT2D eigenvalue weighted by Gasteiger charge is 2.18. The maximum atomic E-state index is 10.4. The van der Waals surface area contributed by atoms with Gasteiger partial charge in [-0.1, -0.05) is 100 Å². The van der Waals surface area contributed by atoms with Crippen molar-refractivity contribution < 1.29 is 5.11 Å². The van der Waals surface area contributed by atoms with Crippen LogP contribution in [0, 0.1) is 11.8 Å². The molecule has 0 heterocycles. The van der Waals surface area contributed by atoms with Gasteiger partial charge < -0.3 is 5.11 Å². The van der Waals surface area contributed by atoms with Gasteiger partial charge in [0.15, 0.2) is 0 Å². The second-order valence-electron chi connectivity index (χ2n) is 6.32. The molecule has 1 N–H and O–H groups in total. The monoisotopic (exact) mass is 300 g/mol. The molecule has 22 heavy (non-hydrogen) atoms. The first-order chi connectivity index (χ1) is 10.7. The summed E-state index contributed by atoms with van der Waals surface area (Å²) < 4.78 is 0. The molecule has 1 aromatic carbocycles. The Morgan fingerprint density at radius 3 is 2.00 bits per heavy atom. The van der Waals surface area contributed by atoms with Gasteiger partial charge in [0.2, 0.25) is 0 Å². The Morgan fingerprint density at radius 2 is 1.41 bits per heavy atom. The van der Waals surface area contributed by atoms with Crippen molar-refractivity contribution in [1.29, 1.82) is 0 Å². The Kier molecular flexibility index (Phi) is 9.67. The zero-order valence-corrected chi connectivity index (χ0v) is 14.4. The van der Waals surface area contributed by atoms with Gasteiger partial charge in [-0.15, -0.1) is 0 Å². The summed E-state index contributed by atoms with van der Waals surface area (Å²) in [5.41, 5.74) is -0.157. The molecule has 1 heteroatoms. The van der Waals surface area contributed by atoms with Crippen molar-refractivity contribution in [2.75, 3.05) is 0 Å². The van der Waals surface area contributed by atoms with Gasteiger partial charge in [-0.25, -0.2) is 0 Å². The van der Waals surface area contributed by atoms with Crippen molar-refractivity contribution in [2.24, 2.45) is 0 Å². The molecule has 0 bridgehead atoms. The van der Waals surface area contributed by atoms with Crippen LogP contribution in [0.5, 0.6) is 0 Å². The van der Waals surface area contributed by atoms with E-state index in [2.05, 4.69) is 18.8 Å². The van der Waals surface area contributed by atoms with Crippen molar-refractivity contribution >= 4 is 0 Å². The van der Waals surface area contributed by atoms with Gasteiger partial charge in [0, 0.05) is 6.42 Å². The zero-order chi connectivity index (χ0) is 16.1. The largest absolute Gasteiger partial charge is 0.374 e. The quantitative estimate of drug-likeness (QED) is 0.426. The number of hydrogen-bond acceptors (Lipinski definition) is 1. The zero-order valence-electron chi connectivity index (χ0n) is 14.4. The Balaban J connectivity index is 2.10. The minimum absolute atomic E-state index is 0.870. The molecular weight excluding hydrogens is 268 g/mol. The number of benzene rings is 1. The lowest BCUT2D eigenvalue weighted by Crippen LogP contribution is -2.18. The van der Waals surface area contributed by atoms with E-state index in [1.165, 1.54) is 51.4 Å². The molecular formula is C21H32O. The number of aliphatic hydroxyl groups is 1. The third-order valence-corrected chi connectivity index (χ3v) is 4.07. The standard InChI is InChI=1S/C21H32O/c1-3-4-5-6-7-8-9-10-11-12-16-19-21(2,22)20-17-14-13-15-18-20/h13-15,17-18,22H,3-12H2,1-2H3. The molecule has 0 aliphatic rings. The molecule has 0 spiro atoms. The lowest BCUT2D eigenvalue weighted by atomic mass is 9.96. The van der Waals surface area contributed by atoms with Crippen LogP contribution in [-0.2, 0) is 5.60 Å². The first-order valence-corrected chi connectivity index (χ1v) is 8.94. The Bertz CT molecular complexity index is 436. The Morgan fingerprint density at radius 1 is 0.864 bits per heavy atom. The Labute approximate surface area is 137 Å². The summed E-state index contributed by atoms with van der Waals surface area (Å²) in [4.78, 5) is 0. The van der Waals surface area contributed by atoms with Gasteiger partial charge in [-0.2, -0.15) is 0 Å². The van der Waals surface area contributed by atoms with Gasteiger partial charge in [0.1, 0.15) is 5.60 Å². The molecule has 0 aromatic heterocycles. The number of rotatable bonds is 10. The molecule has 1 unspecified atom stereocenters. The highest BCUT2D eigenvalue weighted by molar-refractivity contribution is 5.30. The molecule has 1 nitrogen and oxygen atoms in total. The van der Waals surface area contributed by atoms with E-state index in [4.69, 9.17) is 0 Å². The molecule has 0 saturated carbocycles. The lowest BCUT2D eigenvalue weighted by Gasteiger charge is -2.16. The maximum Gasteiger partial charge on any atom is 0.148 e. The lowest BCUT2D eigenvalue weighted by molar-refractivity contribution is 0.122. The molecule has 0 saturated heterocycles. The summed E-state index contributed by atoms with van der Waals surface area (Å²) >= 11 is 0. The smallest absolute Gasteiger partial charge is 0.148 e. The van der Waals surface area contributed by atoms with Crippen molar-refractivity contribution in [2.45, 2.75) is 83.7 Å². The minimum Gasteiger partial charge on any atom is -0.374 e. The predicted octanol–water partition coefficient (Wildman–Crippen LogP) is 5.82. The molecule has 0 fully saturated rings. The van der Waals surface area contributed by atoms with Crippen molar-refractivity contribution in [3.8, 4) is 11.8 Å². The van der Waals surface area contributed by atoms with Gasteiger partial charge in [0.05, 0.1) is 0 Å². The van der Waals surface area contributed by atoms with Crippen LogP contribution in [0.3, 0.4) is 0 Å². The van der Waals surface area contributed by atoms with E-state index in [0.29, 0.717) is 0 Å². The molecule has 1 aromatic rings. The summed E-state index contributed by atoms with van der Waals surface area (Å²) in [6.07, 6.45) is 12.9. The minimum atomic E-state index is -1.03. The Hall–Kier alpha value is -1.26. The third-order valence-electron chi connectivity index (χ3n) is 4.07. The summed E-state index contributed by atoms with van der Waals surface area (Å²) in [7, 11) is 0. The topological polar surface area (TPSA) is 20.2 Å². The number of unbranched alkanes of at least 4 members (excludes halogenated alkanes) is 9. The maximum absolute atomic E-state index is 10.4. The van der Waals surface area contributed by atoms with Gasteiger partial charge >= 0.3 is 0 Å². The van der Waals surface area contributed by atoms with Crippen LogP contribution in [0.1, 0.15) is 83.6 Å². The van der Waals surface area contributed by atoms with E-state index < -0.39 is 5.60 Å². The molecule has 1 rings (SSSR count). The van der Waals surface area contributed by atoms with Gasteiger partial charge in [-0.05, 0) is 18.9 Å². The van der Waals surface area contributed by atoms with Crippen molar-refractivity contribution in [3.05, 3.63) is 35.9 Å². The summed E-state index contributed by atoms with van der Waals surface area (Å²) in [5.74, 6) is 6.15. The predicted molar refractivity (Wildman–Crippen MR) is 95.6 cm³/mol. The van der Waals surface area contributed by atoms with Crippen LogP contribution in [0.15, 0.2) is 30.3 Å². The first kappa shape index (κ1) is 18.8. The van der Waals surface area contributed by atoms with Crippen LogP contribution >= 0.6 is 0 Å². The first-order valence-electron chi connectivity index (χ1n) is 8.94. The fourth-order valence-electron chi connectivity index (χ4n) is 2.59. The van der Waals surface area contributed by atoms with Gasteiger partial charge in [-0.3, -0.25) is 0 Å².